The van der Waals surface area contributed by atoms with Crippen LogP contribution in [0.4, 0.5) is 0 Å². The van der Waals surface area contributed by atoms with Crippen LogP contribution in [-0.2, 0) is 33.5 Å². The number of nitrogens with zero attached hydrogens (tertiary/aromatic N) is 2. The highest BCUT2D eigenvalue weighted by atomic mass is 16.5. The molecule has 3 aromatic carbocycles. The van der Waals surface area contributed by atoms with Crippen molar-refractivity contribution < 1.29 is 83.9 Å². The van der Waals surface area contributed by atoms with Crippen molar-refractivity contribution in [3.8, 4) is 11.5 Å². The summed E-state index contributed by atoms with van der Waals surface area (Å²) in [5, 5.41) is 103. The summed E-state index contributed by atoms with van der Waals surface area (Å²) in [6.07, 6.45) is -11.3. The lowest BCUT2D eigenvalue weighted by Gasteiger charge is -2.35. The van der Waals surface area contributed by atoms with Gasteiger partial charge in [0.2, 0.25) is 35.4 Å². The van der Waals surface area contributed by atoms with Gasteiger partial charge in [-0.05, 0) is 85.5 Å². The van der Waals surface area contributed by atoms with Crippen molar-refractivity contribution in [2.75, 3.05) is 39.4 Å². The first-order valence-corrected chi connectivity index (χ1v) is 27.0. The Labute approximate surface area is 462 Å². The lowest BCUT2D eigenvalue weighted by Crippen LogP contribution is -2.64. The van der Waals surface area contributed by atoms with Crippen molar-refractivity contribution in [1.82, 2.24) is 36.4 Å². The van der Waals surface area contributed by atoms with Crippen LogP contribution < -0.4 is 42.8 Å². The van der Waals surface area contributed by atoms with E-state index in [0.29, 0.717) is 17.7 Å². The molecule has 0 radical (unpaired) electrons. The second kappa shape index (κ2) is 29.2. The Morgan fingerprint density at radius 3 is 2.08 bits per heavy atom. The number of nitrogens with one attached hydrogen (secondary N) is 5. The summed E-state index contributed by atoms with van der Waals surface area (Å²) in [4.78, 5) is 103. The van der Waals surface area contributed by atoms with Crippen LogP contribution in [0.1, 0.15) is 93.7 Å². The Morgan fingerprint density at radius 2 is 1.39 bits per heavy atom. The molecule has 0 aliphatic carbocycles. The lowest BCUT2D eigenvalue weighted by atomic mass is 9.96. The van der Waals surface area contributed by atoms with E-state index in [-0.39, 0.29) is 56.0 Å². The zero-order valence-electron chi connectivity index (χ0n) is 44.8. The van der Waals surface area contributed by atoms with Gasteiger partial charge in [0, 0.05) is 38.0 Å². The minimum atomic E-state index is -2.31. The SMILES string of the molecule is CCCCCCCOc1ccc2cc(C(=O)N[C@@H]3C[C@H](O)[C@@H](OCCN)NC(=O)C4[C@@H](O)CCN4C(=O)[C@H](C(O)CCN)NC(=O)[C@H](C(O)[C@@H](O)c4ccc(O)cc4)NC(=O)C4C[C@@H](O)CN4C(=O)[C@H](C(C)O)NC3=O)ccc2c1. The number of nitrogens with two attached hydrogens (primary N) is 2. The Balaban J connectivity index is 1.39. The van der Waals surface area contributed by atoms with E-state index in [1.165, 1.54) is 18.2 Å². The average molecular weight is 1120 g/mol. The third-order valence-electron chi connectivity index (χ3n) is 14.5. The molecule has 3 fully saturated rings. The number of unbranched alkanes of at least 4 members (excludes halogenated alkanes) is 4. The maximum absolute atomic E-state index is 14.6. The number of phenols is 1. The number of aliphatic hydroxyl groups is 7. The van der Waals surface area contributed by atoms with Gasteiger partial charge >= 0.3 is 0 Å². The molecule has 26 nitrogen and oxygen atoms in total. The van der Waals surface area contributed by atoms with Crippen LogP contribution in [-0.4, -0.2) is 210 Å². The number of hydrogen-bond donors (Lipinski definition) is 15. The number of hydrogen-bond acceptors (Lipinski definition) is 19. The second-order valence-electron chi connectivity index (χ2n) is 20.5. The van der Waals surface area contributed by atoms with Crippen LogP contribution >= 0.6 is 0 Å². The molecule has 440 valence electrons. The fourth-order valence-corrected chi connectivity index (χ4v) is 10.0. The number of aliphatic hydroxyl groups excluding tert-OH is 7. The molecule has 0 saturated carbocycles. The monoisotopic (exact) mass is 1120 g/mol. The number of rotatable bonds is 19. The topological polar surface area (TPSA) is 418 Å². The number of fused-ring (bicyclic) bond motifs is 3. The van der Waals surface area contributed by atoms with E-state index in [9.17, 15) is 74.4 Å². The molecular weight excluding hydrogens is 1050 g/mol. The molecule has 26 heteroatoms. The van der Waals surface area contributed by atoms with Crippen molar-refractivity contribution in [3.05, 3.63) is 71.8 Å². The third-order valence-corrected chi connectivity index (χ3v) is 14.5. The molecule has 17 N–H and O–H groups in total. The van der Waals surface area contributed by atoms with Crippen LogP contribution in [0, 0.1) is 0 Å². The minimum absolute atomic E-state index is 0.0425. The Kier molecular flexibility index (Phi) is 22.9. The molecule has 3 aliphatic heterocycles. The standard InChI is InChI=1S/C54H77N9O17/c1-3-4-5-6-7-21-79-35-15-12-30-23-32(9-8-31(30)24-35)47(72)57-36-26-40(69)52(80-22-19-56)61-51(76)44-39(68)17-20-62(44)54(78)42(38(67)16-18-55)59-50(75)43(46(71)45(70)29-10-13-33(65)14-11-29)60-49(74)37-25-34(66)27-63(37)53(77)41(28(2)64)58-48(36)73/h8-15,23-24,28,34,36-46,52,64-71H,3-7,16-22,25-27,55-56H2,1-2H3,(H,57,72)(H,58,73)(H,59,75)(H,60,74)(H,61,76)/t28?,34-,36-,37?,38?,39+,40+,41+,42+,43+,44?,45+,46?,52-/m1/s1. The lowest BCUT2D eigenvalue weighted by molar-refractivity contribution is -0.149. The predicted octanol–water partition coefficient (Wildman–Crippen LogP) is -3.26. The predicted molar refractivity (Wildman–Crippen MR) is 285 cm³/mol. The van der Waals surface area contributed by atoms with E-state index < -0.39 is 146 Å². The van der Waals surface area contributed by atoms with Gasteiger partial charge in [0.1, 0.15) is 66.1 Å². The number of carbonyl (C=O) groups is 7. The molecule has 7 amide bonds. The Hall–Kier alpha value is -6.59. The fraction of sp³-hybridized carbons (Fsp3) is 0.574. The first-order chi connectivity index (χ1) is 38.2. The summed E-state index contributed by atoms with van der Waals surface area (Å²) in [6, 6.07) is 3.11. The quantitative estimate of drug-likeness (QED) is 0.0524. The molecule has 5 unspecified atom stereocenters. The van der Waals surface area contributed by atoms with Gasteiger partial charge in [0.25, 0.3) is 5.91 Å². The molecule has 14 atom stereocenters. The number of amides is 7. The van der Waals surface area contributed by atoms with Gasteiger partial charge in [0.05, 0.1) is 37.6 Å². The number of benzene rings is 3. The summed E-state index contributed by atoms with van der Waals surface area (Å²) in [7, 11) is 0. The highest BCUT2D eigenvalue weighted by Gasteiger charge is 2.49. The van der Waals surface area contributed by atoms with Crippen LogP contribution in [0.2, 0.25) is 0 Å². The summed E-state index contributed by atoms with van der Waals surface area (Å²) in [6.45, 7) is 2.09. The van der Waals surface area contributed by atoms with Crippen molar-refractivity contribution in [3.63, 3.8) is 0 Å². The second-order valence-corrected chi connectivity index (χ2v) is 20.5. The number of ether oxygens (including phenoxy) is 2. The number of carbonyl (C=O) groups excluding carboxylic acids is 7. The maximum atomic E-state index is 14.6. The van der Waals surface area contributed by atoms with Crippen LogP contribution in [0.3, 0.4) is 0 Å². The van der Waals surface area contributed by atoms with Gasteiger partial charge in [-0.15, -0.1) is 0 Å². The van der Waals surface area contributed by atoms with Crippen molar-refractivity contribution in [1.29, 1.82) is 0 Å². The molecule has 0 aromatic heterocycles. The number of aromatic hydroxyl groups is 1. The summed E-state index contributed by atoms with van der Waals surface area (Å²) in [5.74, 6) is -7.76. The largest absolute Gasteiger partial charge is 0.508 e. The normalized spacial score (nSPS) is 27.1. The first-order valence-electron chi connectivity index (χ1n) is 27.0. The van der Waals surface area contributed by atoms with Crippen LogP contribution in [0.5, 0.6) is 11.5 Å². The molecule has 3 aromatic rings. The minimum Gasteiger partial charge on any atom is -0.508 e. The molecule has 3 heterocycles. The maximum Gasteiger partial charge on any atom is 0.251 e. The Morgan fingerprint density at radius 1 is 0.725 bits per heavy atom. The van der Waals surface area contributed by atoms with Crippen molar-refractivity contribution in [2.24, 2.45) is 11.5 Å². The molecule has 0 spiro atoms. The van der Waals surface area contributed by atoms with E-state index in [2.05, 4.69) is 33.5 Å². The van der Waals surface area contributed by atoms with E-state index in [1.54, 1.807) is 24.3 Å². The van der Waals surface area contributed by atoms with Crippen LogP contribution in [0.25, 0.3) is 10.8 Å². The summed E-state index contributed by atoms with van der Waals surface area (Å²) < 4.78 is 11.7. The van der Waals surface area contributed by atoms with Crippen molar-refractivity contribution in [2.45, 2.75) is 157 Å². The third kappa shape index (κ3) is 15.9. The van der Waals surface area contributed by atoms with Crippen LogP contribution in [0.15, 0.2) is 60.7 Å². The number of phenolic OH excluding ortho intramolecular Hbond substituents is 1. The van der Waals surface area contributed by atoms with E-state index in [4.69, 9.17) is 20.9 Å². The fourth-order valence-electron chi connectivity index (χ4n) is 10.0. The molecule has 0 bridgehead atoms. The van der Waals surface area contributed by atoms with Gasteiger partial charge in [-0.2, -0.15) is 0 Å². The zero-order chi connectivity index (χ0) is 58.4. The van der Waals surface area contributed by atoms with Gasteiger partial charge in [0.15, 0.2) is 6.23 Å². The molecular formula is C54H77N9O17. The van der Waals surface area contributed by atoms with Gasteiger partial charge in [-0.25, -0.2) is 0 Å². The first kappa shape index (κ1) is 62.6. The molecule has 6 rings (SSSR count). The molecule has 3 saturated heterocycles. The van der Waals surface area contributed by atoms with Gasteiger partial charge in [-0.3, -0.25) is 33.6 Å². The Bertz CT molecular complexity index is 2610. The molecule has 3 aliphatic rings. The van der Waals surface area contributed by atoms with Gasteiger partial charge < -0.3 is 98.2 Å². The van der Waals surface area contributed by atoms with Crippen molar-refractivity contribution >= 4 is 52.1 Å². The van der Waals surface area contributed by atoms with E-state index in [1.807, 2.05) is 6.07 Å². The highest BCUT2D eigenvalue weighted by Crippen LogP contribution is 2.27. The average Bonchev–Trinajstić information content (AvgIpc) is 4.03. The highest BCUT2D eigenvalue weighted by molar-refractivity contribution is 6.02. The molecule has 80 heavy (non-hydrogen) atoms. The summed E-state index contributed by atoms with van der Waals surface area (Å²) >= 11 is 0. The smallest absolute Gasteiger partial charge is 0.251 e. The van der Waals surface area contributed by atoms with E-state index in [0.717, 1.165) is 66.3 Å². The summed E-state index contributed by atoms with van der Waals surface area (Å²) in [5.41, 5.74) is 11.5. The zero-order valence-corrected chi connectivity index (χ0v) is 44.8. The van der Waals surface area contributed by atoms with Gasteiger partial charge in [-0.1, -0.05) is 56.9 Å². The van der Waals surface area contributed by atoms with E-state index >= 15 is 0 Å².